The number of hydrogen-bond donors (Lipinski definition) is 1. The van der Waals surface area contributed by atoms with Crippen LogP contribution in [0.15, 0.2) is 34.6 Å². The molecule has 0 aromatic heterocycles. The first-order chi connectivity index (χ1) is 8.24. The van der Waals surface area contributed by atoms with Crippen LogP contribution in [0.4, 0.5) is 0 Å². The van der Waals surface area contributed by atoms with Crippen LogP contribution >= 0.6 is 0 Å². The van der Waals surface area contributed by atoms with E-state index in [-0.39, 0.29) is 10.5 Å². The lowest BCUT2D eigenvalue weighted by atomic mass is 9.96. The van der Waals surface area contributed by atoms with Gasteiger partial charge in [-0.15, -0.1) is 0 Å². The largest absolute Gasteiger partial charge is 0.366 e. The van der Waals surface area contributed by atoms with E-state index in [4.69, 9.17) is 5.73 Å². The molecule has 0 fully saturated rings. The Morgan fingerprint density at radius 1 is 1.28 bits per heavy atom. The van der Waals surface area contributed by atoms with Crippen molar-refractivity contribution < 1.29 is 13.2 Å². The van der Waals surface area contributed by atoms with Crippen molar-refractivity contribution >= 4 is 21.3 Å². The van der Waals surface area contributed by atoms with Crippen LogP contribution in [0.2, 0.25) is 0 Å². The molecule has 0 unspecified atom stereocenters. The van der Waals surface area contributed by atoms with Gasteiger partial charge in [-0.05, 0) is 42.7 Å². The molecule has 0 aliphatic carbocycles. The average Bonchev–Trinajstić information content (AvgIpc) is 2.24. The summed E-state index contributed by atoms with van der Waals surface area (Å²) < 4.78 is 24.1. The van der Waals surface area contributed by atoms with Gasteiger partial charge in [-0.2, -0.15) is 0 Å². The fourth-order valence-corrected chi connectivity index (χ4v) is 3.51. The molecule has 18 heavy (non-hydrogen) atoms. The van der Waals surface area contributed by atoms with E-state index in [1.54, 1.807) is 19.9 Å². The van der Waals surface area contributed by atoms with Gasteiger partial charge in [0.25, 0.3) is 0 Å². The monoisotopic (exact) mass is 263 g/mol. The van der Waals surface area contributed by atoms with E-state index in [9.17, 15) is 13.2 Å². The van der Waals surface area contributed by atoms with Crippen molar-refractivity contribution in [2.24, 2.45) is 5.73 Å². The van der Waals surface area contributed by atoms with Gasteiger partial charge in [-0.25, -0.2) is 8.42 Å². The topological polar surface area (TPSA) is 77.2 Å². The van der Waals surface area contributed by atoms with E-state index in [1.165, 1.54) is 6.07 Å². The molecule has 1 aliphatic heterocycles. The Hall–Kier alpha value is -1.88. The van der Waals surface area contributed by atoms with Crippen LogP contribution < -0.4 is 5.73 Å². The molecule has 0 saturated heterocycles. The van der Waals surface area contributed by atoms with E-state index in [2.05, 4.69) is 6.58 Å². The molecule has 1 aromatic rings. The van der Waals surface area contributed by atoms with Crippen molar-refractivity contribution in [3.63, 3.8) is 0 Å². The third kappa shape index (κ3) is 1.76. The average molecular weight is 263 g/mol. The number of allylic oxidation sites excluding steroid dienone is 2. The lowest BCUT2D eigenvalue weighted by Gasteiger charge is -2.19. The highest BCUT2D eigenvalue weighted by Gasteiger charge is 2.26. The van der Waals surface area contributed by atoms with Crippen molar-refractivity contribution in [2.75, 3.05) is 0 Å². The standard InChI is InChI=1S/C13H13NO3S/c1-7-4-11-9(3)8(2)6-18(16,17)12(11)5-10(7)13(14)15/h4-6H,3H2,1-2H3,(H2,14,15). The SMILES string of the molecule is C=C1C(C)=CS(=O)(=O)c2cc(C(N)=O)c(C)cc21. The zero-order chi connectivity index (χ0) is 13.7. The quantitative estimate of drug-likeness (QED) is 0.839. The normalized spacial score (nSPS) is 17.0. The molecule has 1 amide bonds. The Labute approximate surface area is 106 Å². The Morgan fingerprint density at radius 3 is 2.44 bits per heavy atom. The van der Waals surface area contributed by atoms with Gasteiger partial charge in [0.1, 0.15) is 0 Å². The zero-order valence-corrected chi connectivity index (χ0v) is 11.0. The van der Waals surface area contributed by atoms with Crippen LogP contribution in [0.1, 0.15) is 28.4 Å². The highest BCUT2D eigenvalue weighted by molar-refractivity contribution is 7.94. The maximum Gasteiger partial charge on any atom is 0.249 e. The molecule has 0 bridgehead atoms. The van der Waals surface area contributed by atoms with Crippen molar-refractivity contribution in [3.05, 3.63) is 46.4 Å². The van der Waals surface area contributed by atoms with E-state index >= 15 is 0 Å². The molecule has 0 spiro atoms. The van der Waals surface area contributed by atoms with E-state index < -0.39 is 15.7 Å². The van der Waals surface area contributed by atoms with Gasteiger partial charge in [0.05, 0.1) is 4.90 Å². The molecule has 2 N–H and O–H groups in total. The maximum absolute atomic E-state index is 12.0. The molecule has 1 heterocycles. The summed E-state index contributed by atoms with van der Waals surface area (Å²) in [5.74, 6) is -0.637. The second-order valence-corrected chi connectivity index (χ2v) is 6.12. The fraction of sp³-hybridized carbons (Fsp3) is 0.154. The second-order valence-electron chi connectivity index (χ2n) is 4.35. The van der Waals surface area contributed by atoms with E-state index in [1.807, 2.05) is 0 Å². The van der Waals surface area contributed by atoms with Gasteiger partial charge in [-0.1, -0.05) is 6.58 Å². The molecular weight excluding hydrogens is 250 g/mol. The summed E-state index contributed by atoms with van der Waals surface area (Å²) in [6.07, 6.45) is 0. The molecule has 0 atom stereocenters. The first-order valence-electron chi connectivity index (χ1n) is 5.31. The number of nitrogens with two attached hydrogens (primary N) is 1. The molecular formula is C13H13NO3S. The Balaban J connectivity index is 2.85. The molecule has 1 aromatic carbocycles. The smallest absolute Gasteiger partial charge is 0.249 e. The molecule has 1 aliphatic rings. The number of carbonyl (C=O) groups is 1. The summed E-state index contributed by atoms with van der Waals surface area (Å²) in [6.45, 7) is 7.28. The molecule has 2 rings (SSSR count). The number of primary amides is 1. The van der Waals surface area contributed by atoms with Crippen LogP contribution in [0.5, 0.6) is 0 Å². The lowest BCUT2D eigenvalue weighted by molar-refractivity contribution is 0.0999. The lowest BCUT2D eigenvalue weighted by Crippen LogP contribution is -2.16. The first kappa shape index (κ1) is 12.6. The van der Waals surface area contributed by atoms with Crippen LogP contribution in [0, 0.1) is 6.92 Å². The third-order valence-electron chi connectivity index (χ3n) is 3.03. The van der Waals surface area contributed by atoms with E-state index in [0.717, 1.165) is 5.41 Å². The van der Waals surface area contributed by atoms with Crippen molar-refractivity contribution in [1.29, 1.82) is 0 Å². The fourth-order valence-electron chi connectivity index (χ4n) is 2.00. The summed E-state index contributed by atoms with van der Waals surface area (Å²) in [7, 11) is -3.53. The molecule has 4 nitrogen and oxygen atoms in total. The van der Waals surface area contributed by atoms with Gasteiger partial charge >= 0.3 is 0 Å². The van der Waals surface area contributed by atoms with Gasteiger partial charge < -0.3 is 5.73 Å². The van der Waals surface area contributed by atoms with Crippen LogP contribution in [0.25, 0.3) is 5.57 Å². The first-order valence-corrected chi connectivity index (χ1v) is 6.86. The molecule has 0 saturated carbocycles. The number of carbonyl (C=O) groups excluding carboxylic acids is 1. The molecule has 94 valence electrons. The van der Waals surface area contributed by atoms with Crippen LogP contribution in [-0.4, -0.2) is 14.3 Å². The predicted octanol–water partition coefficient (Wildman–Crippen LogP) is 1.80. The van der Waals surface area contributed by atoms with Crippen molar-refractivity contribution in [1.82, 2.24) is 0 Å². The highest BCUT2D eigenvalue weighted by atomic mass is 32.2. The minimum absolute atomic E-state index is 0.0949. The Bertz CT molecular complexity index is 712. The number of rotatable bonds is 1. The predicted molar refractivity (Wildman–Crippen MR) is 69.7 cm³/mol. The maximum atomic E-state index is 12.0. The number of hydrogen-bond acceptors (Lipinski definition) is 3. The number of fused-ring (bicyclic) bond motifs is 1. The summed E-state index contributed by atoms with van der Waals surface area (Å²) in [4.78, 5) is 11.3. The molecule has 0 radical (unpaired) electrons. The number of aryl methyl sites for hydroxylation is 1. The minimum Gasteiger partial charge on any atom is -0.366 e. The summed E-state index contributed by atoms with van der Waals surface area (Å²) >= 11 is 0. The van der Waals surface area contributed by atoms with Crippen molar-refractivity contribution in [2.45, 2.75) is 18.7 Å². The summed E-state index contributed by atoms with van der Waals surface area (Å²) in [5, 5.41) is 1.16. The summed E-state index contributed by atoms with van der Waals surface area (Å²) in [6, 6.07) is 2.97. The van der Waals surface area contributed by atoms with Crippen molar-refractivity contribution in [3.8, 4) is 0 Å². The van der Waals surface area contributed by atoms with Gasteiger partial charge in [0, 0.05) is 16.5 Å². The zero-order valence-electron chi connectivity index (χ0n) is 10.1. The van der Waals surface area contributed by atoms with E-state index in [0.29, 0.717) is 22.3 Å². The van der Waals surface area contributed by atoms with Gasteiger partial charge in [-0.3, -0.25) is 4.79 Å². The van der Waals surface area contributed by atoms with Gasteiger partial charge in [0.2, 0.25) is 15.7 Å². The minimum atomic E-state index is -3.53. The molecule has 5 heteroatoms. The summed E-state index contributed by atoms with van der Waals surface area (Å²) in [5.41, 5.74) is 7.89. The van der Waals surface area contributed by atoms with Crippen LogP contribution in [0.3, 0.4) is 0 Å². The second kappa shape index (κ2) is 3.81. The number of amides is 1. The van der Waals surface area contributed by atoms with Crippen LogP contribution in [-0.2, 0) is 9.84 Å². The van der Waals surface area contributed by atoms with Gasteiger partial charge in [0.15, 0.2) is 0 Å². The third-order valence-corrected chi connectivity index (χ3v) is 4.65. The number of sulfone groups is 1. The highest BCUT2D eigenvalue weighted by Crippen LogP contribution is 2.36. The Kier molecular flexibility index (Phi) is 2.66. The number of benzene rings is 1. The Morgan fingerprint density at radius 2 is 1.89 bits per heavy atom.